The predicted octanol–water partition coefficient (Wildman–Crippen LogP) is 5.47. The van der Waals surface area contributed by atoms with Crippen LogP contribution in [0.4, 0.5) is 0 Å². The third-order valence-corrected chi connectivity index (χ3v) is 12.3. The normalized spacial score (nSPS) is 22.7. The fraction of sp³-hybridized carbons (Fsp3) is 0.656. The van der Waals surface area contributed by atoms with Crippen LogP contribution >= 0.6 is 11.3 Å². The van der Waals surface area contributed by atoms with E-state index < -0.39 is 10.0 Å². The number of hydrogen-bond acceptors (Lipinski definition) is 7. The van der Waals surface area contributed by atoms with E-state index in [1.165, 1.54) is 34.9 Å². The van der Waals surface area contributed by atoms with Crippen molar-refractivity contribution in [2.24, 2.45) is 11.8 Å². The molecule has 234 valence electrons. The van der Waals surface area contributed by atoms with E-state index in [0.29, 0.717) is 59.2 Å². The van der Waals surface area contributed by atoms with Crippen LogP contribution < -0.4 is 10.1 Å². The predicted molar refractivity (Wildman–Crippen MR) is 169 cm³/mol. The van der Waals surface area contributed by atoms with Gasteiger partial charge in [-0.15, -0.1) is 11.3 Å². The molecule has 2 atom stereocenters. The molecule has 1 saturated carbocycles. The van der Waals surface area contributed by atoms with Gasteiger partial charge in [-0.3, -0.25) is 4.79 Å². The number of rotatable bonds is 12. The number of carbonyl (C=O) groups is 1. The van der Waals surface area contributed by atoms with Gasteiger partial charge in [0.25, 0.3) is 0 Å². The number of methoxy groups -OCH3 is 1. The van der Waals surface area contributed by atoms with Crippen LogP contribution in [0.2, 0.25) is 0 Å². The Hall–Kier alpha value is -1.98. The zero-order valence-corrected chi connectivity index (χ0v) is 27.8. The number of thiophene rings is 1. The Morgan fingerprint density at radius 3 is 2.52 bits per heavy atom. The number of aryl methyl sites for hydroxylation is 1. The standard InChI is InChI=1S/C32H49N3O5S2/c1-22-19-28(39-6)23(2)24(3)32(22)42(37,38)35-17-7-9-27(20-35)40-21-30(36)33-16-15-25-11-13-26(14-12-25)31(34(4)5)29-10-8-18-41-29/h8,10,18-19,25-27,31H,7,9,11-17,20-21H2,1-6H3,(H,33,36). The van der Waals surface area contributed by atoms with Crippen molar-refractivity contribution in [2.75, 3.05) is 47.4 Å². The number of carbonyl (C=O) groups excluding carboxylic acids is 1. The van der Waals surface area contributed by atoms with Gasteiger partial charge in [-0.25, -0.2) is 8.42 Å². The molecule has 1 aromatic heterocycles. The van der Waals surface area contributed by atoms with Crippen molar-refractivity contribution in [3.63, 3.8) is 0 Å². The summed E-state index contributed by atoms with van der Waals surface area (Å²) in [7, 11) is 2.26. The van der Waals surface area contributed by atoms with Crippen LogP contribution in [0.5, 0.6) is 5.75 Å². The number of nitrogens with zero attached hydrogens (tertiary/aromatic N) is 2. The lowest BCUT2D eigenvalue weighted by Gasteiger charge is -2.37. The molecular formula is C32H49N3O5S2. The summed E-state index contributed by atoms with van der Waals surface area (Å²) in [5, 5.41) is 5.20. The van der Waals surface area contributed by atoms with Gasteiger partial charge in [0.15, 0.2) is 0 Å². The fourth-order valence-electron chi connectivity index (χ4n) is 6.84. The Kier molecular flexibility index (Phi) is 11.5. The molecule has 0 bridgehead atoms. The van der Waals surface area contributed by atoms with E-state index in [1.54, 1.807) is 20.1 Å². The van der Waals surface area contributed by atoms with E-state index in [0.717, 1.165) is 18.4 Å². The zero-order valence-electron chi connectivity index (χ0n) is 26.1. The quantitative estimate of drug-likeness (QED) is 0.339. The molecule has 4 rings (SSSR count). The highest BCUT2D eigenvalue weighted by Crippen LogP contribution is 2.41. The number of benzene rings is 1. The Balaban J connectivity index is 1.21. The molecule has 1 N–H and O–H groups in total. The number of piperidine rings is 1. The number of ether oxygens (including phenoxy) is 2. The van der Waals surface area contributed by atoms with Crippen LogP contribution in [0.15, 0.2) is 28.5 Å². The lowest BCUT2D eigenvalue weighted by Crippen LogP contribution is -2.44. The fourth-order valence-corrected chi connectivity index (χ4v) is 9.85. The maximum Gasteiger partial charge on any atom is 0.246 e. The first-order valence-corrected chi connectivity index (χ1v) is 17.6. The molecule has 1 amide bonds. The van der Waals surface area contributed by atoms with Crippen molar-refractivity contribution in [1.82, 2.24) is 14.5 Å². The smallest absolute Gasteiger partial charge is 0.246 e. The molecule has 10 heteroatoms. The van der Waals surface area contributed by atoms with E-state index >= 15 is 0 Å². The molecular weight excluding hydrogens is 571 g/mol. The second kappa shape index (κ2) is 14.7. The van der Waals surface area contributed by atoms with Gasteiger partial charge in [-0.2, -0.15) is 4.31 Å². The van der Waals surface area contributed by atoms with E-state index in [-0.39, 0.29) is 25.2 Å². The first kappa shape index (κ1) is 32.9. The van der Waals surface area contributed by atoms with Gasteiger partial charge in [-0.05, 0) is 113 Å². The van der Waals surface area contributed by atoms with Gasteiger partial charge in [0.2, 0.25) is 15.9 Å². The van der Waals surface area contributed by atoms with Gasteiger partial charge < -0.3 is 19.7 Å². The molecule has 1 aliphatic carbocycles. The van der Waals surface area contributed by atoms with Crippen LogP contribution in [-0.2, 0) is 19.6 Å². The maximum absolute atomic E-state index is 13.7. The van der Waals surface area contributed by atoms with Gasteiger partial charge in [0.1, 0.15) is 12.4 Å². The van der Waals surface area contributed by atoms with Crippen LogP contribution in [-0.4, -0.2) is 77.1 Å². The molecule has 2 heterocycles. The van der Waals surface area contributed by atoms with Crippen LogP contribution in [0.1, 0.15) is 72.6 Å². The minimum absolute atomic E-state index is 0.0453. The van der Waals surface area contributed by atoms with Crippen molar-refractivity contribution < 1.29 is 22.7 Å². The number of sulfonamides is 1. The molecule has 1 saturated heterocycles. The summed E-state index contributed by atoms with van der Waals surface area (Å²) in [6.07, 6.45) is 6.96. The first-order chi connectivity index (χ1) is 20.0. The van der Waals surface area contributed by atoms with Crippen molar-refractivity contribution in [3.05, 3.63) is 45.1 Å². The Morgan fingerprint density at radius 2 is 1.88 bits per heavy atom. The average molecular weight is 620 g/mol. The molecule has 1 aliphatic heterocycles. The highest BCUT2D eigenvalue weighted by atomic mass is 32.2. The monoisotopic (exact) mass is 619 g/mol. The van der Waals surface area contributed by atoms with E-state index in [4.69, 9.17) is 9.47 Å². The molecule has 2 unspecified atom stereocenters. The minimum Gasteiger partial charge on any atom is -0.496 e. The number of nitrogens with one attached hydrogen (secondary N) is 1. The van der Waals surface area contributed by atoms with Gasteiger partial charge in [-0.1, -0.05) is 18.9 Å². The van der Waals surface area contributed by atoms with Crippen molar-refractivity contribution >= 4 is 27.3 Å². The lowest BCUT2D eigenvalue weighted by molar-refractivity contribution is -0.128. The number of amides is 1. The van der Waals surface area contributed by atoms with Crippen molar-refractivity contribution in [1.29, 1.82) is 0 Å². The zero-order chi connectivity index (χ0) is 30.4. The van der Waals surface area contributed by atoms with Gasteiger partial charge in [0, 0.05) is 30.6 Å². The topological polar surface area (TPSA) is 88.2 Å². The Labute approximate surface area is 256 Å². The lowest BCUT2D eigenvalue weighted by atomic mass is 9.76. The highest BCUT2D eigenvalue weighted by molar-refractivity contribution is 7.89. The van der Waals surface area contributed by atoms with Gasteiger partial charge in [0.05, 0.1) is 18.1 Å². The van der Waals surface area contributed by atoms with Crippen LogP contribution in [0.25, 0.3) is 0 Å². The van der Waals surface area contributed by atoms with Gasteiger partial charge >= 0.3 is 0 Å². The summed E-state index contributed by atoms with van der Waals surface area (Å²) in [6.45, 7) is 6.83. The Morgan fingerprint density at radius 1 is 1.14 bits per heavy atom. The molecule has 8 nitrogen and oxygen atoms in total. The Bertz CT molecular complexity index is 1290. The first-order valence-electron chi connectivity index (χ1n) is 15.3. The second-order valence-corrected chi connectivity index (χ2v) is 15.1. The van der Waals surface area contributed by atoms with Crippen molar-refractivity contribution in [2.45, 2.75) is 82.8 Å². The van der Waals surface area contributed by atoms with E-state index in [1.807, 2.05) is 25.2 Å². The summed E-state index contributed by atoms with van der Waals surface area (Å²) in [5.74, 6) is 1.87. The van der Waals surface area contributed by atoms with Crippen LogP contribution in [0.3, 0.4) is 0 Å². The third kappa shape index (κ3) is 7.75. The third-order valence-electron chi connectivity index (χ3n) is 9.19. The summed E-state index contributed by atoms with van der Waals surface area (Å²) >= 11 is 1.85. The maximum atomic E-state index is 13.7. The SMILES string of the molecule is COc1cc(C)c(S(=O)(=O)N2CCCC(OCC(=O)NCCC3CCC(C(c4cccs4)N(C)C)CC3)C2)c(C)c1C. The summed E-state index contributed by atoms with van der Waals surface area (Å²) in [6, 6.07) is 6.68. The largest absolute Gasteiger partial charge is 0.496 e. The molecule has 1 aromatic carbocycles. The average Bonchev–Trinajstić information content (AvgIpc) is 3.49. The second-order valence-electron chi connectivity index (χ2n) is 12.3. The molecule has 2 aliphatic rings. The molecule has 2 aromatic rings. The molecule has 0 radical (unpaired) electrons. The summed E-state index contributed by atoms with van der Waals surface area (Å²) in [5.41, 5.74) is 2.21. The summed E-state index contributed by atoms with van der Waals surface area (Å²) in [4.78, 5) is 16.7. The highest BCUT2D eigenvalue weighted by Gasteiger charge is 2.34. The summed E-state index contributed by atoms with van der Waals surface area (Å²) < 4.78 is 40.2. The van der Waals surface area contributed by atoms with E-state index in [9.17, 15) is 13.2 Å². The number of hydrogen-bond donors (Lipinski definition) is 1. The molecule has 2 fully saturated rings. The van der Waals surface area contributed by atoms with Crippen molar-refractivity contribution in [3.8, 4) is 5.75 Å². The molecule has 42 heavy (non-hydrogen) atoms. The van der Waals surface area contributed by atoms with Crippen LogP contribution in [0, 0.1) is 32.6 Å². The minimum atomic E-state index is -3.70. The van der Waals surface area contributed by atoms with E-state index in [2.05, 4.69) is 41.8 Å². The molecule has 0 spiro atoms.